The molecular weight excluding hydrogens is 218 g/mol. The van der Waals surface area contributed by atoms with Crippen LogP contribution < -0.4 is 11.1 Å². The van der Waals surface area contributed by atoms with Crippen LogP contribution in [0.5, 0.6) is 0 Å². The van der Waals surface area contributed by atoms with Gasteiger partial charge in [0.2, 0.25) is 0 Å². The summed E-state index contributed by atoms with van der Waals surface area (Å²) in [5, 5.41) is 2.69. The van der Waals surface area contributed by atoms with Crippen LogP contribution in [0.2, 0.25) is 0 Å². The van der Waals surface area contributed by atoms with Gasteiger partial charge < -0.3 is 20.6 Å². The van der Waals surface area contributed by atoms with E-state index in [1.165, 1.54) is 18.4 Å². The van der Waals surface area contributed by atoms with E-state index in [0.717, 1.165) is 0 Å². The summed E-state index contributed by atoms with van der Waals surface area (Å²) in [7, 11) is 1.52. The second-order valence-corrected chi connectivity index (χ2v) is 3.75. The predicted octanol–water partition coefficient (Wildman–Crippen LogP) is -0.200. The maximum absolute atomic E-state index is 11.5. The zero-order valence-electron chi connectivity index (χ0n) is 8.15. The lowest BCUT2D eigenvalue weighted by Crippen LogP contribution is -2.26. The Balaban J connectivity index is 2.81. The van der Waals surface area contributed by atoms with Crippen LogP contribution in [-0.4, -0.2) is 30.8 Å². The van der Waals surface area contributed by atoms with Crippen LogP contribution in [0.1, 0.15) is 15.4 Å². The number of carbonyl (C=O) groups is 2. The highest BCUT2D eigenvalue weighted by Gasteiger charge is 2.16. The van der Waals surface area contributed by atoms with Gasteiger partial charge in [-0.25, -0.2) is 4.98 Å². The minimum Gasteiger partial charge on any atom is -0.379 e. The Labute approximate surface area is 90.4 Å². The number of thiazole rings is 1. The number of nitrogens with one attached hydrogen (secondary N) is 1. The van der Waals surface area contributed by atoms with E-state index in [0.29, 0.717) is 16.3 Å². The van der Waals surface area contributed by atoms with Crippen LogP contribution in [-0.2, 0) is 16.1 Å². The fraction of sp³-hybridized carbons (Fsp3) is 0.375. The molecule has 0 atom stereocenters. The number of methoxy groups -OCH3 is 1. The van der Waals surface area contributed by atoms with Gasteiger partial charge in [0.15, 0.2) is 5.13 Å². The molecule has 0 spiro atoms. The first kappa shape index (κ1) is 11.6. The average molecular weight is 229 g/mol. The average Bonchev–Trinajstić information content (AvgIpc) is 2.57. The summed E-state index contributed by atoms with van der Waals surface area (Å²) in [6.07, 6.45) is 0.601. The Bertz CT molecular complexity index is 364. The standard InChI is InChI=1S/C8H11N3O3S/c1-14-4-5-6(11-8(9)15-5)7(13)10-2-3-12/h3H,2,4H2,1H3,(H2,9,11)(H,10,13). The summed E-state index contributed by atoms with van der Waals surface area (Å²) in [4.78, 5) is 26.1. The van der Waals surface area contributed by atoms with Crippen molar-refractivity contribution >= 4 is 28.7 Å². The first-order valence-corrected chi connectivity index (χ1v) is 4.96. The van der Waals surface area contributed by atoms with Crippen LogP contribution in [0.25, 0.3) is 0 Å². The molecule has 0 aromatic carbocycles. The summed E-state index contributed by atoms with van der Waals surface area (Å²) < 4.78 is 4.90. The van der Waals surface area contributed by atoms with Crippen molar-refractivity contribution in [1.29, 1.82) is 0 Å². The molecule has 15 heavy (non-hydrogen) atoms. The van der Waals surface area contributed by atoms with Crippen LogP contribution in [0.3, 0.4) is 0 Å². The summed E-state index contributed by atoms with van der Waals surface area (Å²) in [6, 6.07) is 0. The Morgan fingerprint density at radius 3 is 3.07 bits per heavy atom. The Morgan fingerprint density at radius 1 is 1.73 bits per heavy atom. The predicted molar refractivity (Wildman–Crippen MR) is 55.6 cm³/mol. The van der Waals surface area contributed by atoms with E-state index in [1.54, 1.807) is 0 Å². The van der Waals surface area contributed by atoms with Gasteiger partial charge in [-0.15, -0.1) is 0 Å². The number of nitrogens with zero attached hydrogens (tertiary/aromatic N) is 1. The number of nitrogens with two attached hydrogens (primary N) is 1. The van der Waals surface area contributed by atoms with Crippen molar-refractivity contribution in [2.75, 3.05) is 19.4 Å². The molecule has 3 N–H and O–H groups in total. The molecule has 7 heteroatoms. The molecular formula is C8H11N3O3S. The van der Waals surface area contributed by atoms with Crippen LogP contribution >= 0.6 is 11.3 Å². The fourth-order valence-corrected chi connectivity index (χ4v) is 1.80. The quantitative estimate of drug-likeness (QED) is 0.682. The number of aldehydes is 1. The van der Waals surface area contributed by atoms with Crippen molar-refractivity contribution in [3.63, 3.8) is 0 Å². The highest BCUT2D eigenvalue weighted by atomic mass is 32.1. The lowest BCUT2D eigenvalue weighted by atomic mass is 10.3. The van der Waals surface area contributed by atoms with Crippen molar-refractivity contribution in [1.82, 2.24) is 10.3 Å². The summed E-state index contributed by atoms with van der Waals surface area (Å²) in [6.45, 7) is 0.237. The number of nitrogen functional groups attached to an aromatic ring is 1. The largest absolute Gasteiger partial charge is 0.379 e. The molecule has 0 radical (unpaired) electrons. The van der Waals surface area contributed by atoms with Crippen molar-refractivity contribution in [2.45, 2.75) is 6.61 Å². The minimum absolute atomic E-state index is 0.0390. The van der Waals surface area contributed by atoms with Gasteiger partial charge in [-0.05, 0) is 0 Å². The second-order valence-electron chi connectivity index (χ2n) is 2.63. The molecule has 0 aliphatic heterocycles. The molecule has 0 saturated carbocycles. The van der Waals surface area contributed by atoms with Crippen molar-refractivity contribution < 1.29 is 14.3 Å². The van der Waals surface area contributed by atoms with Gasteiger partial charge >= 0.3 is 0 Å². The number of amides is 1. The molecule has 1 rings (SSSR count). The Kier molecular flexibility index (Phi) is 4.19. The molecule has 0 unspecified atom stereocenters. The van der Waals surface area contributed by atoms with Gasteiger partial charge in [0.1, 0.15) is 12.0 Å². The first-order chi connectivity index (χ1) is 7.19. The number of hydrogen-bond acceptors (Lipinski definition) is 6. The molecule has 0 aliphatic rings. The molecule has 1 amide bonds. The van der Waals surface area contributed by atoms with E-state index in [9.17, 15) is 9.59 Å². The Hall–Kier alpha value is -1.47. The fourth-order valence-electron chi connectivity index (χ4n) is 0.994. The van der Waals surface area contributed by atoms with E-state index < -0.39 is 5.91 Å². The maximum Gasteiger partial charge on any atom is 0.271 e. The number of aromatic nitrogens is 1. The van der Waals surface area contributed by atoms with Gasteiger partial charge in [-0.3, -0.25) is 4.79 Å². The molecule has 6 nitrogen and oxygen atoms in total. The van der Waals surface area contributed by atoms with Crippen LogP contribution in [0, 0.1) is 0 Å². The zero-order valence-corrected chi connectivity index (χ0v) is 8.97. The third kappa shape index (κ3) is 3.00. The van der Waals surface area contributed by atoms with Gasteiger partial charge in [-0.2, -0.15) is 0 Å². The van der Waals surface area contributed by atoms with E-state index >= 15 is 0 Å². The highest BCUT2D eigenvalue weighted by Crippen LogP contribution is 2.20. The highest BCUT2D eigenvalue weighted by molar-refractivity contribution is 7.15. The Morgan fingerprint density at radius 2 is 2.47 bits per heavy atom. The molecule has 0 bridgehead atoms. The van der Waals surface area contributed by atoms with Crippen molar-refractivity contribution in [3.05, 3.63) is 10.6 Å². The van der Waals surface area contributed by atoms with Gasteiger partial charge in [0, 0.05) is 7.11 Å². The van der Waals surface area contributed by atoms with E-state index in [2.05, 4.69) is 10.3 Å². The number of rotatable bonds is 5. The number of carbonyl (C=O) groups excluding carboxylic acids is 2. The lowest BCUT2D eigenvalue weighted by Gasteiger charge is -2.00. The monoisotopic (exact) mass is 229 g/mol. The topological polar surface area (TPSA) is 94.3 Å². The SMILES string of the molecule is COCc1sc(N)nc1C(=O)NCC=O. The summed E-state index contributed by atoms with van der Waals surface area (Å²) in [5.41, 5.74) is 5.70. The molecule has 1 heterocycles. The van der Waals surface area contributed by atoms with Gasteiger partial charge in [0.25, 0.3) is 5.91 Å². The van der Waals surface area contributed by atoms with E-state index in [1.807, 2.05) is 0 Å². The molecule has 0 saturated heterocycles. The maximum atomic E-state index is 11.5. The number of anilines is 1. The summed E-state index contributed by atoms with van der Waals surface area (Å²) in [5.74, 6) is -0.415. The van der Waals surface area contributed by atoms with Gasteiger partial charge in [0.05, 0.1) is 18.0 Å². The van der Waals surface area contributed by atoms with E-state index in [-0.39, 0.29) is 18.8 Å². The second kappa shape index (κ2) is 5.42. The lowest BCUT2D eigenvalue weighted by molar-refractivity contribution is -0.107. The third-order valence-electron chi connectivity index (χ3n) is 1.55. The van der Waals surface area contributed by atoms with Crippen LogP contribution in [0.4, 0.5) is 5.13 Å². The van der Waals surface area contributed by atoms with Crippen molar-refractivity contribution in [3.8, 4) is 0 Å². The first-order valence-electron chi connectivity index (χ1n) is 4.15. The zero-order chi connectivity index (χ0) is 11.3. The van der Waals surface area contributed by atoms with Crippen molar-refractivity contribution in [2.24, 2.45) is 0 Å². The minimum atomic E-state index is -0.415. The number of ether oxygens (including phenoxy) is 1. The number of hydrogen-bond donors (Lipinski definition) is 2. The molecule has 0 aliphatic carbocycles. The van der Waals surface area contributed by atoms with Gasteiger partial charge in [-0.1, -0.05) is 11.3 Å². The molecule has 1 aromatic rings. The smallest absolute Gasteiger partial charge is 0.271 e. The molecule has 0 fully saturated rings. The van der Waals surface area contributed by atoms with E-state index in [4.69, 9.17) is 10.5 Å². The normalized spacial score (nSPS) is 9.93. The summed E-state index contributed by atoms with van der Waals surface area (Å²) >= 11 is 1.19. The molecule has 1 aromatic heterocycles. The van der Waals surface area contributed by atoms with Crippen LogP contribution in [0.15, 0.2) is 0 Å². The third-order valence-corrected chi connectivity index (χ3v) is 2.41. The molecule has 82 valence electrons.